The first-order valence-corrected chi connectivity index (χ1v) is 11.2. The maximum Gasteiger partial charge on any atom is 0.353 e. The predicted molar refractivity (Wildman–Crippen MR) is 116 cm³/mol. The fraction of sp³-hybridized carbons (Fsp3) is 0.579. The van der Waals surface area contributed by atoms with Gasteiger partial charge >= 0.3 is 17.1 Å². The number of aromatic nitrogens is 3. The fourth-order valence-corrected chi connectivity index (χ4v) is 6.27. The van der Waals surface area contributed by atoms with Crippen LogP contribution in [0.25, 0.3) is 0 Å². The first kappa shape index (κ1) is 23.2. The summed E-state index contributed by atoms with van der Waals surface area (Å²) >= 11 is 1.30. The highest BCUT2D eigenvalue weighted by Gasteiger charge is 2.60. The normalized spacial score (nSPS) is 30.2. The number of amides is 1. The Balaban J connectivity index is 1.55. The van der Waals surface area contributed by atoms with Gasteiger partial charge in [-0.1, -0.05) is 6.92 Å². The van der Waals surface area contributed by atoms with Gasteiger partial charge in [-0.05, 0) is 13.3 Å². The number of carboxylic acid groups (broad SMARTS) is 1. The van der Waals surface area contributed by atoms with Crippen LogP contribution in [0, 0.1) is 11.8 Å². The first-order valence-electron chi connectivity index (χ1n) is 10.4. The molecule has 1 amide bonds. The molecule has 0 bridgehead atoms. The molecule has 4 N–H and O–H groups in total. The van der Waals surface area contributed by atoms with Crippen molar-refractivity contribution in [1.29, 1.82) is 0 Å². The SMILES string of the molecule is C[C@@H](O)[C@H]1C(=O)N2C(C(=O)O)=C(S[C@H]3C[C@@H](C=O)N(Nc4nc(=O)c(=O)[nH]n4C)C3)[C@H](C)[C@H]12. The van der Waals surface area contributed by atoms with Gasteiger partial charge < -0.3 is 19.9 Å². The van der Waals surface area contributed by atoms with E-state index in [0.717, 1.165) is 6.29 Å². The zero-order chi connectivity index (χ0) is 24.2. The number of aliphatic hydroxyl groups is 1. The molecule has 0 radical (unpaired) electrons. The van der Waals surface area contributed by atoms with Crippen molar-refractivity contribution in [3.8, 4) is 0 Å². The number of thioether (sulfide) groups is 1. The molecular formula is C19H24N6O7S. The van der Waals surface area contributed by atoms with E-state index >= 15 is 0 Å². The summed E-state index contributed by atoms with van der Waals surface area (Å²) in [7, 11) is 1.48. The number of carbonyl (C=O) groups excluding carboxylic acids is 2. The predicted octanol–water partition coefficient (Wildman–Crippen LogP) is -1.68. The van der Waals surface area contributed by atoms with Gasteiger partial charge in [-0.25, -0.2) is 9.80 Å². The molecule has 0 saturated carbocycles. The van der Waals surface area contributed by atoms with Crippen LogP contribution in [0.15, 0.2) is 20.2 Å². The minimum Gasteiger partial charge on any atom is -0.477 e. The van der Waals surface area contributed by atoms with E-state index in [-0.39, 0.29) is 22.8 Å². The number of hydrazine groups is 1. The summed E-state index contributed by atoms with van der Waals surface area (Å²) < 4.78 is 1.23. The van der Waals surface area contributed by atoms with E-state index in [2.05, 4.69) is 15.5 Å². The highest BCUT2D eigenvalue weighted by Crippen LogP contribution is 2.52. The summed E-state index contributed by atoms with van der Waals surface area (Å²) in [6.07, 6.45) is 0.241. The third kappa shape index (κ3) is 3.77. The summed E-state index contributed by atoms with van der Waals surface area (Å²) in [6.45, 7) is 3.66. The number of carboxylic acids is 1. The van der Waals surface area contributed by atoms with E-state index in [9.17, 15) is 34.2 Å². The minimum atomic E-state index is -1.21. The molecule has 2 saturated heterocycles. The standard InChI is InChI=1S/C19H24N6O7S/c1-7-12-11(8(2)27)17(30)25(12)13(18(31)32)14(7)33-10-4-9(6-26)24(5-10)22-19-20-15(28)16(29)21-23(19)3/h6-12,27H,4-5H2,1-3H3,(H,21,29)(H,31,32)(H,20,22,28)/t7-,8-,9+,10+,11-,12-/m1/s1. The van der Waals surface area contributed by atoms with Gasteiger partial charge in [-0.3, -0.25) is 29.6 Å². The Kier molecular flexibility index (Phi) is 5.92. The lowest BCUT2D eigenvalue weighted by molar-refractivity contribution is -0.163. The van der Waals surface area contributed by atoms with Gasteiger partial charge in [0.25, 0.3) is 0 Å². The van der Waals surface area contributed by atoms with Gasteiger partial charge in [0.15, 0.2) is 0 Å². The van der Waals surface area contributed by atoms with Gasteiger partial charge in [-0.2, -0.15) is 4.98 Å². The number of aldehydes is 1. The molecule has 33 heavy (non-hydrogen) atoms. The summed E-state index contributed by atoms with van der Waals surface area (Å²) in [5.74, 6) is -2.50. The van der Waals surface area contributed by atoms with Gasteiger partial charge in [0.1, 0.15) is 12.0 Å². The highest BCUT2D eigenvalue weighted by molar-refractivity contribution is 8.03. The van der Waals surface area contributed by atoms with Gasteiger partial charge in [0.2, 0.25) is 11.9 Å². The first-order chi connectivity index (χ1) is 15.5. The Morgan fingerprint density at radius 2 is 2.06 bits per heavy atom. The van der Waals surface area contributed by atoms with Crippen LogP contribution in [0.4, 0.5) is 5.95 Å². The van der Waals surface area contributed by atoms with E-state index in [0.29, 0.717) is 17.9 Å². The number of aromatic amines is 1. The van der Waals surface area contributed by atoms with Crippen LogP contribution >= 0.6 is 11.8 Å². The number of β-lactam (4-membered cyclic amide) rings is 1. The molecule has 6 atom stereocenters. The van der Waals surface area contributed by atoms with Gasteiger partial charge in [-0.15, -0.1) is 11.8 Å². The molecule has 0 aromatic carbocycles. The average molecular weight is 481 g/mol. The smallest absolute Gasteiger partial charge is 0.353 e. The number of H-pyrrole nitrogens is 1. The zero-order valence-corrected chi connectivity index (χ0v) is 18.9. The molecule has 14 heteroatoms. The molecule has 0 unspecified atom stereocenters. The number of fused-ring (bicyclic) bond motifs is 1. The van der Waals surface area contributed by atoms with E-state index in [1.165, 1.54) is 35.3 Å². The number of rotatable bonds is 7. The van der Waals surface area contributed by atoms with E-state index in [1.807, 2.05) is 6.92 Å². The molecule has 4 rings (SSSR count). The Morgan fingerprint density at radius 1 is 1.36 bits per heavy atom. The average Bonchev–Trinajstić information content (AvgIpc) is 3.22. The monoisotopic (exact) mass is 480 g/mol. The number of hydrogen-bond donors (Lipinski definition) is 4. The molecule has 0 aliphatic carbocycles. The van der Waals surface area contributed by atoms with Crippen molar-refractivity contribution in [3.63, 3.8) is 0 Å². The van der Waals surface area contributed by atoms with E-state index < -0.39 is 47.1 Å². The lowest BCUT2D eigenvalue weighted by Gasteiger charge is -2.46. The number of carbonyl (C=O) groups is 3. The second kappa shape index (κ2) is 8.43. The highest BCUT2D eigenvalue weighted by atomic mass is 32.2. The van der Waals surface area contributed by atoms with Crippen LogP contribution in [-0.4, -0.2) is 83.0 Å². The Labute approximate surface area is 191 Å². The van der Waals surface area contributed by atoms with Crippen LogP contribution < -0.4 is 16.5 Å². The van der Waals surface area contributed by atoms with Crippen molar-refractivity contribution in [2.75, 3.05) is 12.0 Å². The van der Waals surface area contributed by atoms with E-state index in [1.54, 1.807) is 5.01 Å². The summed E-state index contributed by atoms with van der Waals surface area (Å²) in [6, 6.07) is -0.996. The van der Waals surface area contributed by atoms with Crippen LogP contribution in [0.5, 0.6) is 0 Å². The van der Waals surface area contributed by atoms with Crippen molar-refractivity contribution < 1.29 is 24.6 Å². The van der Waals surface area contributed by atoms with Crippen molar-refractivity contribution >= 4 is 35.9 Å². The van der Waals surface area contributed by atoms with Crippen molar-refractivity contribution in [2.45, 2.75) is 43.7 Å². The van der Waals surface area contributed by atoms with Crippen molar-refractivity contribution in [2.24, 2.45) is 18.9 Å². The summed E-state index contributed by atoms with van der Waals surface area (Å²) in [5.41, 5.74) is 0.963. The van der Waals surface area contributed by atoms with Crippen molar-refractivity contribution in [1.82, 2.24) is 24.7 Å². The number of hydrogen-bond acceptors (Lipinski definition) is 10. The van der Waals surface area contributed by atoms with Crippen LogP contribution in [0.3, 0.4) is 0 Å². The van der Waals surface area contributed by atoms with Crippen LogP contribution in [-0.2, 0) is 21.4 Å². The number of aryl methyl sites for hydroxylation is 1. The maximum absolute atomic E-state index is 12.5. The van der Waals surface area contributed by atoms with Crippen LogP contribution in [0.1, 0.15) is 20.3 Å². The molecule has 4 heterocycles. The Morgan fingerprint density at radius 3 is 2.67 bits per heavy atom. The minimum absolute atomic E-state index is 0.0475. The lowest BCUT2D eigenvalue weighted by Crippen LogP contribution is -2.63. The molecule has 3 aliphatic heterocycles. The molecule has 2 fully saturated rings. The zero-order valence-electron chi connectivity index (χ0n) is 18.1. The van der Waals surface area contributed by atoms with Crippen molar-refractivity contribution in [3.05, 3.63) is 31.3 Å². The maximum atomic E-state index is 12.5. The fourth-order valence-electron chi connectivity index (χ4n) is 4.73. The quantitative estimate of drug-likeness (QED) is 0.199. The van der Waals surface area contributed by atoms with Gasteiger partial charge in [0, 0.05) is 29.7 Å². The molecule has 1 aromatic rings. The number of aliphatic hydroxyl groups excluding tert-OH is 1. The Bertz CT molecular complexity index is 1160. The summed E-state index contributed by atoms with van der Waals surface area (Å²) in [5, 5.41) is 23.5. The third-order valence-electron chi connectivity index (χ3n) is 6.30. The molecule has 178 valence electrons. The second-order valence-electron chi connectivity index (χ2n) is 8.46. The molecule has 13 nitrogen and oxygen atoms in total. The lowest BCUT2D eigenvalue weighted by atomic mass is 9.79. The molecule has 1 aromatic heterocycles. The molecule has 0 spiro atoms. The third-order valence-corrected chi connectivity index (χ3v) is 7.79. The molecular weight excluding hydrogens is 456 g/mol. The topological polar surface area (TPSA) is 178 Å². The largest absolute Gasteiger partial charge is 0.477 e. The summed E-state index contributed by atoms with van der Waals surface area (Å²) in [4.78, 5) is 64.7. The van der Waals surface area contributed by atoms with E-state index in [4.69, 9.17) is 0 Å². The Hall–Kier alpha value is -2.97. The second-order valence-corrected chi connectivity index (χ2v) is 9.80. The number of aliphatic carboxylic acids is 1. The van der Waals surface area contributed by atoms with Gasteiger partial charge in [0.05, 0.1) is 24.1 Å². The number of anilines is 1. The van der Waals surface area contributed by atoms with Crippen LogP contribution in [0.2, 0.25) is 0 Å². The molecule has 3 aliphatic rings. The number of nitrogens with zero attached hydrogens (tertiary/aromatic N) is 4. The number of nitrogens with one attached hydrogen (secondary N) is 2.